The molecule has 0 aliphatic carbocycles. The van der Waals surface area contributed by atoms with Gasteiger partial charge in [0.1, 0.15) is 0 Å². The third kappa shape index (κ3) is 1.89. The number of rotatable bonds is 2. The van der Waals surface area contributed by atoms with Crippen molar-refractivity contribution in [3.8, 4) is 0 Å². The van der Waals surface area contributed by atoms with Gasteiger partial charge in [0.05, 0.1) is 0 Å². The van der Waals surface area contributed by atoms with Crippen LogP contribution in [-0.2, 0) is 5.21 Å². The molecule has 2 nitrogen and oxygen atoms in total. The van der Waals surface area contributed by atoms with Crippen LogP contribution >= 0.6 is 0 Å². The van der Waals surface area contributed by atoms with Crippen LogP contribution in [0.5, 0.6) is 0 Å². The molecule has 0 saturated carbocycles. The zero-order valence-corrected chi connectivity index (χ0v) is 9.29. The molecule has 64 valence electrons. The van der Waals surface area contributed by atoms with Gasteiger partial charge in [-0.15, -0.1) is 0 Å². The van der Waals surface area contributed by atoms with Gasteiger partial charge in [0.15, 0.2) is 0 Å². The molecule has 3 heteroatoms. The second-order valence-corrected chi connectivity index (χ2v) is 3.51. The molecule has 0 bridgehead atoms. The summed E-state index contributed by atoms with van der Waals surface area (Å²) in [6, 6.07) is 5.27. The van der Waals surface area contributed by atoms with E-state index in [2.05, 4.69) is 0 Å². The van der Waals surface area contributed by atoms with Gasteiger partial charge in [0.2, 0.25) is 0 Å². The number of aromatic carboxylic acids is 1. The summed E-state index contributed by atoms with van der Waals surface area (Å²) in [5.41, 5.74) is 2.68. The Kier molecular flexibility index (Phi) is 2.93. The third-order valence-electron chi connectivity index (χ3n) is 1.81. The fourth-order valence-corrected chi connectivity index (χ4v) is 2.02. The van der Waals surface area contributed by atoms with Crippen molar-refractivity contribution >= 4 is 22.8 Å². The first-order valence-electron chi connectivity index (χ1n) is 3.68. The third-order valence-corrected chi connectivity index (χ3v) is 2.73. The van der Waals surface area contributed by atoms with E-state index in [0.717, 1.165) is 10.8 Å². The molecule has 0 aliphatic rings. The predicted octanol–water partition coefficient (Wildman–Crippen LogP) is 0.826. The van der Waals surface area contributed by atoms with Crippen LogP contribution in [0.1, 0.15) is 21.5 Å². The second-order valence-electron chi connectivity index (χ2n) is 2.65. The quantitative estimate of drug-likeness (QED) is 0.758. The van der Waals surface area contributed by atoms with Crippen LogP contribution in [0, 0.1) is 6.92 Å². The van der Waals surface area contributed by atoms with Gasteiger partial charge in [-0.25, -0.2) is 0 Å². The average molecular weight is 226 g/mol. The summed E-state index contributed by atoms with van der Waals surface area (Å²) in [6.07, 6.45) is 0. The summed E-state index contributed by atoms with van der Waals surface area (Å²) < 4.78 is 0. The Morgan fingerprint density at radius 1 is 1.58 bits per heavy atom. The van der Waals surface area contributed by atoms with Gasteiger partial charge >= 0.3 is 79.7 Å². The zero-order valence-electron chi connectivity index (χ0n) is 6.87. The maximum absolute atomic E-state index is 10.6. The van der Waals surface area contributed by atoms with Crippen molar-refractivity contribution < 1.29 is 9.90 Å². The van der Waals surface area contributed by atoms with Crippen LogP contribution in [0.15, 0.2) is 18.2 Å². The molecule has 0 heterocycles. The number of carboxylic acids is 1. The summed E-state index contributed by atoms with van der Waals surface area (Å²) in [5, 5.41) is 9.69. The molecule has 1 N–H and O–H groups in total. The molecule has 1 rings (SSSR count). The van der Waals surface area contributed by atoms with Crippen LogP contribution in [-0.4, -0.2) is 27.9 Å². The van der Waals surface area contributed by atoms with Gasteiger partial charge in [-0.3, -0.25) is 0 Å². The normalized spacial score (nSPS) is 9.83. The Morgan fingerprint density at radius 3 is 2.67 bits per heavy atom. The maximum atomic E-state index is 10.6. The van der Waals surface area contributed by atoms with Crippen molar-refractivity contribution in [2.45, 2.75) is 12.1 Å². The molecule has 0 aliphatic heterocycles. The van der Waals surface area contributed by atoms with Crippen molar-refractivity contribution in [3.63, 3.8) is 0 Å². The van der Waals surface area contributed by atoms with E-state index >= 15 is 0 Å². The van der Waals surface area contributed by atoms with Gasteiger partial charge in [-0.1, -0.05) is 0 Å². The van der Waals surface area contributed by atoms with Crippen molar-refractivity contribution in [2.24, 2.45) is 0 Å². The van der Waals surface area contributed by atoms with E-state index in [9.17, 15) is 4.79 Å². The number of hydrogen-bond donors (Lipinski definition) is 1. The number of hydrogen-bond acceptors (Lipinski definition) is 1. The molecule has 12 heavy (non-hydrogen) atoms. The van der Waals surface area contributed by atoms with Gasteiger partial charge in [-0.2, -0.15) is 0 Å². The topological polar surface area (TPSA) is 37.3 Å². The summed E-state index contributed by atoms with van der Waals surface area (Å²) in [4.78, 5) is 10.6. The number of carbonyl (C=O) groups is 1. The minimum absolute atomic E-state index is 0.372. The fourth-order valence-electron chi connectivity index (χ4n) is 1.06. The van der Waals surface area contributed by atoms with Crippen molar-refractivity contribution in [1.29, 1.82) is 0 Å². The minimum atomic E-state index is -0.855. The van der Waals surface area contributed by atoms with Crippen LogP contribution in [0.25, 0.3) is 0 Å². The molecule has 0 fully saturated rings. The van der Waals surface area contributed by atoms with Gasteiger partial charge in [0, 0.05) is 0 Å². The first-order chi connectivity index (χ1) is 5.65. The van der Waals surface area contributed by atoms with E-state index in [1.165, 1.54) is 5.56 Å². The second kappa shape index (κ2) is 3.77. The van der Waals surface area contributed by atoms with E-state index in [1.807, 2.05) is 13.0 Å². The van der Waals surface area contributed by atoms with Crippen LogP contribution in [0.2, 0.25) is 0 Å². The van der Waals surface area contributed by atoms with Crippen LogP contribution < -0.4 is 0 Å². The molecule has 0 radical (unpaired) electrons. The summed E-state index contributed by atoms with van der Waals surface area (Å²) in [7, 11) is 0. The summed E-state index contributed by atoms with van der Waals surface area (Å²) in [5.74, 6) is -0.855. The Bertz CT molecular complexity index is 307. The van der Waals surface area contributed by atoms with Gasteiger partial charge in [0.25, 0.3) is 0 Å². The first kappa shape index (κ1) is 9.34. The van der Waals surface area contributed by atoms with E-state index < -0.39 is 5.97 Å². The number of benzene rings is 1. The van der Waals surface area contributed by atoms with Crippen molar-refractivity contribution in [1.82, 2.24) is 0 Å². The average Bonchev–Trinajstić information content (AvgIpc) is 2.04. The SMILES string of the molecule is Cc1cc(C(=O)O)ccc1C[AsH2]. The molecule has 1 aromatic carbocycles. The molecule has 0 spiro atoms. The molecule has 1 unspecified atom stereocenters. The zero-order chi connectivity index (χ0) is 9.14. The first-order valence-corrected chi connectivity index (χ1v) is 5.39. The van der Waals surface area contributed by atoms with E-state index in [4.69, 9.17) is 5.11 Å². The fraction of sp³-hybridized carbons (Fsp3) is 0.222. The molecule has 1 atom stereocenters. The Morgan fingerprint density at radius 2 is 2.25 bits per heavy atom. The Hall–Kier alpha value is -0.752. The van der Waals surface area contributed by atoms with Gasteiger partial charge in [-0.05, 0) is 0 Å². The monoisotopic (exact) mass is 226 g/mol. The van der Waals surface area contributed by atoms with E-state index in [0.29, 0.717) is 5.56 Å². The summed E-state index contributed by atoms with van der Waals surface area (Å²) >= 11 is 1.64. The van der Waals surface area contributed by atoms with E-state index in [1.54, 1.807) is 29.0 Å². The standard InChI is InChI=1S/C9H11AsO2/c1-6-4-7(9(11)12)2-3-8(6)5-10/h2-4H,5,10H2,1H3,(H,11,12). The number of carboxylic acid groups (broad SMARTS) is 1. The Labute approximate surface area is 80.1 Å². The van der Waals surface area contributed by atoms with E-state index in [-0.39, 0.29) is 0 Å². The molecular weight excluding hydrogens is 215 g/mol. The Balaban J connectivity index is 3.10. The molecule has 0 aromatic heterocycles. The molecule has 0 saturated heterocycles. The van der Waals surface area contributed by atoms with Crippen molar-refractivity contribution in [2.75, 3.05) is 0 Å². The molecular formula is C9H11AsO2. The van der Waals surface area contributed by atoms with Crippen LogP contribution in [0.3, 0.4) is 0 Å². The summed E-state index contributed by atoms with van der Waals surface area (Å²) in [6.45, 7) is 1.95. The predicted molar refractivity (Wildman–Crippen MR) is 50.4 cm³/mol. The van der Waals surface area contributed by atoms with Gasteiger partial charge < -0.3 is 0 Å². The van der Waals surface area contributed by atoms with Crippen LogP contribution in [0.4, 0.5) is 0 Å². The molecule has 1 aromatic rings. The van der Waals surface area contributed by atoms with Crippen molar-refractivity contribution in [3.05, 3.63) is 34.9 Å². The number of aryl methyl sites for hydroxylation is 1. The molecule has 0 amide bonds.